The first-order valence-electron chi connectivity index (χ1n) is 6.06. The lowest BCUT2D eigenvalue weighted by atomic mass is 10.2. The van der Waals surface area contributed by atoms with Gasteiger partial charge in [0.15, 0.2) is 0 Å². The summed E-state index contributed by atoms with van der Waals surface area (Å²) in [6, 6.07) is 0. The number of esters is 1. The van der Waals surface area contributed by atoms with Gasteiger partial charge in [0, 0.05) is 24.0 Å². The highest BCUT2D eigenvalue weighted by atomic mass is 32.1. The summed E-state index contributed by atoms with van der Waals surface area (Å²) in [5, 5.41) is 3.36. The number of carbonyl (C=O) groups excluding carboxylic acids is 1. The first-order valence-corrected chi connectivity index (χ1v) is 6.94. The van der Waals surface area contributed by atoms with E-state index in [1.807, 2.05) is 18.6 Å². The van der Waals surface area contributed by atoms with Crippen LogP contribution in [0.5, 0.6) is 0 Å². The third-order valence-corrected chi connectivity index (χ3v) is 3.10. The molecule has 0 saturated carbocycles. The maximum absolute atomic E-state index is 11.0. The van der Waals surface area contributed by atoms with Crippen molar-refractivity contribution >= 4 is 17.3 Å². The topological polar surface area (TPSA) is 51.2 Å². The Morgan fingerprint density at radius 1 is 1.47 bits per heavy atom. The fourth-order valence-electron chi connectivity index (χ4n) is 1.47. The predicted molar refractivity (Wildman–Crippen MR) is 68.9 cm³/mol. The molecule has 0 aliphatic rings. The molecule has 0 fully saturated rings. The van der Waals surface area contributed by atoms with Crippen molar-refractivity contribution in [3.05, 3.63) is 16.6 Å². The van der Waals surface area contributed by atoms with Gasteiger partial charge in [-0.25, -0.2) is 0 Å². The van der Waals surface area contributed by atoms with Crippen LogP contribution in [-0.4, -0.2) is 24.1 Å². The van der Waals surface area contributed by atoms with Gasteiger partial charge in [-0.2, -0.15) is 0 Å². The SMILES string of the molecule is CCOC(=O)CCCCCNCc1cncs1. The highest BCUT2D eigenvalue weighted by Gasteiger charge is 2.00. The quantitative estimate of drug-likeness (QED) is 0.544. The van der Waals surface area contributed by atoms with Crippen LogP contribution in [0.3, 0.4) is 0 Å². The Bertz CT molecular complexity index is 301. The largest absolute Gasteiger partial charge is 0.466 e. The summed E-state index contributed by atoms with van der Waals surface area (Å²) in [5.74, 6) is -0.0786. The van der Waals surface area contributed by atoms with Crippen LogP contribution in [0.2, 0.25) is 0 Å². The van der Waals surface area contributed by atoms with Crippen LogP contribution in [0.1, 0.15) is 37.5 Å². The van der Waals surface area contributed by atoms with Crippen molar-refractivity contribution in [3.8, 4) is 0 Å². The normalized spacial score (nSPS) is 10.4. The first-order chi connectivity index (χ1) is 8.33. The molecule has 0 aromatic carbocycles. The van der Waals surface area contributed by atoms with Gasteiger partial charge in [-0.05, 0) is 26.3 Å². The number of ether oxygens (including phenoxy) is 1. The van der Waals surface area contributed by atoms with E-state index in [2.05, 4.69) is 10.3 Å². The Morgan fingerprint density at radius 2 is 2.35 bits per heavy atom. The molecule has 0 amide bonds. The van der Waals surface area contributed by atoms with Crippen molar-refractivity contribution in [1.82, 2.24) is 10.3 Å². The highest BCUT2D eigenvalue weighted by molar-refractivity contribution is 7.09. The van der Waals surface area contributed by atoms with Crippen molar-refractivity contribution in [2.45, 2.75) is 39.2 Å². The van der Waals surface area contributed by atoms with Crippen LogP contribution in [0, 0.1) is 0 Å². The second-order valence-corrected chi connectivity index (χ2v) is 4.73. The number of nitrogens with zero attached hydrogens (tertiary/aromatic N) is 1. The number of hydrogen-bond donors (Lipinski definition) is 1. The molecule has 1 heterocycles. The van der Waals surface area contributed by atoms with E-state index >= 15 is 0 Å². The molecule has 4 nitrogen and oxygen atoms in total. The molecule has 5 heteroatoms. The van der Waals surface area contributed by atoms with Gasteiger partial charge in [-0.15, -0.1) is 11.3 Å². The maximum atomic E-state index is 11.0. The lowest BCUT2D eigenvalue weighted by Gasteiger charge is -2.03. The molecule has 0 atom stereocenters. The van der Waals surface area contributed by atoms with Gasteiger partial charge in [-0.3, -0.25) is 9.78 Å². The molecule has 0 aliphatic carbocycles. The van der Waals surface area contributed by atoms with Crippen molar-refractivity contribution in [2.24, 2.45) is 0 Å². The van der Waals surface area contributed by atoms with Crippen molar-refractivity contribution < 1.29 is 9.53 Å². The molecule has 96 valence electrons. The lowest BCUT2D eigenvalue weighted by molar-refractivity contribution is -0.143. The van der Waals surface area contributed by atoms with E-state index in [0.717, 1.165) is 32.4 Å². The Balaban J connectivity index is 1.86. The maximum Gasteiger partial charge on any atom is 0.305 e. The van der Waals surface area contributed by atoms with Crippen molar-refractivity contribution in [2.75, 3.05) is 13.2 Å². The zero-order valence-electron chi connectivity index (χ0n) is 10.3. The van der Waals surface area contributed by atoms with Gasteiger partial charge in [-0.1, -0.05) is 6.42 Å². The zero-order chi connectivity index (χ0) is 12.3. The smallest absolute Gasteiger partial charge is 0.305 e. The molecule has 1 rings (SSSR count). The number of rotatable bonds is 9. The van der Waals surface area contributed by atoms with Crippen LogP contribution in [0.4, 0.5) is 0 Å². The zero-order valence-corrected chi connectivity index (χ0v) is 11.1. The van der Waals surface area contributed by atoms with E-state index in [1.165, 1.54) is 4.88 Å². The summed E-state index contributed by atoms with van der Waals surface area (Å²) < 4.78 is 4.86. The van der Waals surface area contributed by atoms with E-state index in [0.29, 0.717) is 13.0 Å². The molecular formula is C12H20N2O2S. The molecular weight excluding hydrogens is 236 g/mol. The number of carbonyl (C=O) groups is 1. The van der Waals surface area contributed by atoms with Crippen LogP contribution >= 0.6 is 11.3 Å². The Kier molecular flexibility index (Phi) is 7.58. The van der Waals surface area contributed by atoms with E-state index in [-0.39, 0.29) is 5.97 Å². The van der Waals surface area contributed by atoms with Crippen molar-refractivity contribution in [3.63, 3.8) is 0 Å². The van der Waals surface area contributed by atoms with Crippen LogP contribution in [-0.2, 0) is 16.1 Å². The summed E-state index contributed by atoms with van der Waals surface area (Å²) in [7, 11) is 0. The van der Waals surface area contributed by atoms with E-state index in [4.69, 9.17) is 4.74 Å². The predicted octanol–water partition coefficient (Wildman–Crippen LogP) is 2.36. The monoisotopic (exact) mass is 256 g/mol. The average molecular weight is 256 g/mol. The van der Waals surface area contributed by atoms with Gasteiger partial charge >= 0.3 is 5.97 Å². The number of unbranched alkanes of at least 4 members (excludes halogenated alkanes) is 2. The summed E-state index contributed by atoms with van der Waals surface area (Å²) >= 11 is 1.67. The van der Waals surface area contributed by atoms with Gasteiger partial charge in [0.2, 0.25) is 0 Å². The third-order valence-electron chi connectivity index (χ3n) is 2.32. The molecule has 0 unspecified atom stereocenters. The van der Waals surface area contributed by atoms with Gasteiger partial charge < -0.3 is 10.1 Å². The Hall–Kier alpha value is -0.940. The van der Waals surface area contributed by atoms with Crippen molar-refractivity contribution in [1.29, 1.82) is 0 Å². The molecule has 0 bridgehead atoms. The molecule has 0 saturated heterocycles. The molecule has 17 heavy (non-hydrogen) atoms. The molecule has 0 aliphatic heterocycles. The number of aromatic nitrogens is 1. The minimum Gasteiger partial charge on any atom is -0.466 e. The second kappa shape index (κ2) is 9.13. The Morgan fingerprint density at radius 3 is 3.06 bits per heavy atom. The Labute approximate surface area is 106 Å². The molecule has 0 radical (unpaired) electrons. The van der Waals surface area contributed by atoms with E-state index in [1.54, 1.807) is 11.3 Å². The number of nitrogens with one attached hydrogen (secondary N) is 1. The number of thiazole rings is 1. The summed E-state index contributed by atoms with van der Waals surface area (Å²) in [4.78, 5) is 16.3. The minimum atomic E-state index is -0.0786. The third kappa shape index (κ3) is 7.07. The summed E-state index contributed by atoms with van der Waals surface area (Å²) in [6.07, 6.45) is 5.51. The molecule has 1 aromatic rings. The van der Waals surface area contributed by atoms with Crippen LogP contribution < -0.4 is 5.32 Å². The first kappa shape index (κ1) is 14.1. The molecule has 1 N–H and O–H groups in total. The van der Waals surface area contributed by atoms with Gasteiger partial charge in [0.05, 0.1) is 12.1 Å². The summed E-state index contributed by atoms with van der Waals surface area (Å²) in [5.41, 5.74) is 1.84. The van der Waals surface area contributed by atoms with Crippen LogP contribution in [0.25, 0.3) is 0 Å². The lowest BCUT2D eigenvalue weighted by Crippen LogP contribution is -2.14. The van der Waals surface area contributed by atoms with Crippen LogP contribution in [0.15, 0.2) is 11.7 Å². The summed E-state index contributed by atoms with van der Waals surface area (Å²) in [6.45, 7) is 4.19. The fourth-order valence-corrected chi connectivity index (χ4v) is 2.03. The molecule has 1 aromatic heterocycles. The number of hydrogen-bond acceptors (Lipinski definition) is 5. The van der Waals surface area contributed by atoms with Gasteiger partial charge in [0.1, 0.15) is 0 Å². The molecule has 0 spiro atoms. The second-order valence-electron chi connectivity index (χ2n) is 3.76. The van der Waals surface area contributed by atoms with E-state index in [9.17, 15) is 4.79 Å². The van der Waals surface area contributed by atoms with Gasteiger partial charge in [0.25, 0.3) is 0 Å². The van der Waals surface area contributed by atoms with E-state index < -0.39 is 0 Å². The average Bonchev–Trinajstić information content (AvgIpc) is 2.81. The minimum absolute atomic E-state index is 0.0786. The standard InChI is InChI=1S/C12H20N2O2S/c1-2-16-12(15)6-4-3-5-7-13-8-11-9-14-10-17-11/h9-10,13H,2-8H2,1H3. The fraction of sp³-hybridized carbons (Fsp3) is 0.667. The highest BCUT2D eigenvalue weighted by Crippen LogP contribution is 2.05.